The van der Waals surface area contributed by atoms with Crippen LogP contribution in [0.15, 0.2) is 48.8 Å². The van der Waals surface area contributed by atoms with E-state index >= 15 is 0 Å². The maximum atomic E-state index is 12.9. The Labute approximate surface area is 170 Å². The number of rotatable bonds is 3. The second-order valence-corrected chi connectivity index (χ2v) is 7.92. The molecule has 2 aliphatic heterocycles. The number of carbonyl (C=O) groups excluding carboxylic acids is 2. The van der Waals surface area contributed by atoms with Crippen molar-refractivity contribution in [2.45, 2.75) is 6.04 Å². The van der Waals surface area contributed by atoms with Gasteiger partial charge in [-0.15, -0.1) is 0 Å². The third-order valence-electron chi connectivity index (χ3n) is 5.95. The van der Waals surface area contributed by atoms with Crippen molar-refractivity contribution >= 4 is 11.9 Å². The van der Waals surface area contributed by atoms with Crippen LogP contribution in [0.5, 0.6) is 5.75 Å². The van der Waals surface area contributed by atoms with Crippen molar-refractivity contribution in [2.24, 2.45) is 11.8 Å². The van der Waals surface area contributed by atoms with Crippen molar-refractivity contribution in [2.75, 3.05) is 40.8 Å². The van der Waals surface area contributed by atoms with Gasteiger partial charge in [0, 0.05) is 58.0 Å². The van der Waals surface area contributed by atoms with Gasteiger partial charge in [0.05, 0.1) is 18.7 Å². The number of methoxy groups -OCH3 is 1. The van der Waals surface area contributed by atoms with Crippen LogP contribution in [0.3, 0.4) is 0 Å². The first kappa shape index (κ1) is 19.2. The summed E-state index contributed by atoms with van der Waals surface area (Å²) in [5.41, 5.74) is 1.68. The summed E-state index contributed by atoms with van der Waals surface area (Å²) < 4.78 is 5.28. The zero-order chi connectivity index (χ0) is 20.5. The van der Waals surface area contributed by atoms with E-state index in [0.29, 0.717) is 25.2 Å². The zero-order valence-corrected chi connectivity index (χ0v) is 17.0. The maximum Gasteiger partial charge on any atom is 0.320 e. The molecular weight excluding hydrogens is 368 g/mol. The minimum absolute atomic E-state index is 0.00496. The number of nitrogens with zero attached hydrogens (tertiary/aromatic N) is 4. The van der Waals surface area contributed by atoms with Crippen molar-refractivity contribution < 1.29 is 14.3 Å². The van der Waals surface area contributed by atoms with Gasteiger partial charge in [-0.25, -0.2) is 4.79 Å². The standard InChI is InChI=1S/C22H26N4O3/c1-24(2)22(28)26-13-17-12-25(21(27)16-5-4-10-23-11-16)14-19(17)20(26)15-6-8-18(29-3)9-7-15/h4-11,17,19-20H,12-14H2,1-3H3/t17-,19-,20+/m1/s1. The van der Waals surface area contributed by atoms with Crippen LogP contribution in [0.4, 0.5) is 4.79 Å². The van der Waals surface area contributed by atoms with Crippen LogP contribution in [-0.2, 0) is 0 Å². The van der Waals surface area contributed by atoms with Crippen LogP contribution < -0.4 is 4.74 Å². The lowest BCUT2D eigenvalue weighted by Crippen LogP contribution is -2.42. The molecule has 0 unspecified atom stereocenters. The van der Waals surface area contributed by atoms with E-state index in [0.717, 1.165) is 11.3 Å². The highest BCUT2D eigenvalue weighted by Crippen LogP contribution is 2.45. The number of carbonyl (C=O) groups is 2. The Kier molecular flexibility index (Phi) is 5.13. The number of urea groups is 1. The first-order chi connectivity index (χ1) is 14.0. The Hall–Kier alpha value is -3.09. The van der Waals surface area contributed by atoms with E-state index in [2.05, 4.69) is 4.98 Å². The fourth-order valence-corrected chi connectivity index (χ4v) is 4.56. The molecule has 2 aromatic rings. The molecule has 3 amide bonds. The maximum absolute atomic E-state index is 12.9. The van der Waals surface area contributed by atoms with E-state index in [1.165, 1.54) is 0 Å². The fraction of sp³-hybridized carbons (Fsp3) is 0.409. The molecule has 7 nitrogen and oxygen atoms in total. The van der Waals surface area contributed by atoms with Crippen molar-refractivity contribution in [3.8, 4) is 5.75 Å². The highest BCUT2D eigenvalue weighted by Gasteiger charge is 2.50. The molecule has 152 valence electrons. The van der Waals surface area contributed by atoms with Gasteiger partial charge in [-0.1, -0.05) is 12.1 Å². The van der Waals surface area contributed by atoms with Crippen LogP contribution in [0.2, 0.25) is 0 Å². The van der Waals surface area contributed by atoms with E-state index in [4.69, 9.17) is 4.74 Å². The molecule has 2 saturated heterocycles. The lowest BCUT2D eigenvalue weighted by molar-refractivity contribution is 0.0766. The van der Waals surface area contributed by atoms with E-state index in [1.54, 1.807) is 50.6 Å². The Morgan fingerprint density at radius 2 is 1.86 bits per heavy atom. The molecule has 0 aliphatic carbocycles. The number of amides is 3. The highest BCUT2D eigenvalue weighted by molar-refractivity contribution is 5.94. The Morgan fingerprint density at radius 1 is 1.10 bits per heavy atom. The van der Waals surface area contributed by atoms with Gasteiger partial charge in [0.2, 0.25) is 0 Å². The molecule has 0 bridgehead atoms. The minimum atomic E-state index is -0.0625. The molecule has 2 fully saturated rings. The SMILES string of the molecule is COc1ccc([C@H]2[C@@H]3CN(C(=O)c4cccnc4)C[C@@H]3CN2C(=O)N(C)C)cc1. The fourth-order valence-electron chi connectivity index (χ4n) is 4.56. The molecule has 4 rings (SSSR count). The Morgan fingerprint density at radius 3 is 2.48 bits per heavy atom. The number of hydrogen-bond donors (Lipinski definition) is 0. The highest BCUT2D eigenvalue weighted by atomic mass is 16.5. The van der Waals surface area contributed by atoms with E-state index in [-0.39, 0.29) is 29.8 Å². The number of pyridine rings is 1. The summed E-state index contributed by atoms with van der Waals surface area (Å²) in [6, 6.07) is 11.4. The molecule has 29 heavy (non-hydrogen) atoms. The van der Waals surface area contributed by atoms with E-state index in [9.17, 15) is 9.59 Å². The summed E-state index contributed by atoms with van der Waals surface area (Å²) in [6.45, 7) is 1.93. The van der Waals surface area contributed by atoms with Gasteiger partial charge in [-0.3, -0.25) is 9.78 Å². The third-order valence-corrected chi connectivity index (χ3v) is 5.95. The summed E-state index contributed by atoms with van der Waals surface area (Å²) in [7, 11) is 5.20. The summed E-state index contributed by atoms with van der Waals surface area (Å²) in [6.07, 6.45) is 3.28. The van der Waals surface area contributed by atoms with Gasteiger partial charge in [0.1, 0.15) is 5.75 Å². The van der Waals surface area contributed by atoms with Gasteiger partial charge in [0.15, 0.2) is 0 Å². The Bertz CT molecular complexity index is 885. The van der Waals surface area contributed by atoms with Crippen LogP contribution in [0.25, 0.3) is 0 Å². The lowest BCUT2D eigenvalue weighted by atomic mass is 9.89. The molecule has 7 heteroatoms. The molecule has 0 N–H and O–H groups in total. The normalized spacial score (nSPS) is 23.1. The average molecular weight is 394 g/mol. The van der Waals surface area contributed by atoms with Crippen molar-refractivity contribution in [1.29, 1.82) is 0 Å². The zero-order valence-electron chi connectivity index (χ0n) is 17.0. The molecule has 1 aromatic heterocycles. The van der Waals surface area contributed by atoms with Gasteiger partial charge in [-0.05, 0) is 29.8 Å². The minimum Gasteiger partial charge on any atom is -0.497 e. The smallest absolute Gasteiger partial charge is 0.320 e. The summed E-state index contributed by atoms with van der Waals surface area (Å²) in [5.74, 6) is 1.25. The predicted octanol–water partition coefficient (Wildman–Crippen LogP) is 2.52. The molecule has 0 spiro atoms. The summed E-state index contributed by atoms with van der Waals surface area (Å²) >= 11 is 0. The van der Waals surface area contributed by atoms with Gasteiger partial charge in [-0.2, -0.15) is 0 Å². The van der Waals surface area contributed by atoms with Crippen molar-refractivity contribution in [3.05, 3.63) is 59.9 Å². The number of benzene rings is 1. The molecule has 0 saturated carbocycles. The second kappa shape index (κ2) is 7.73. The number of aromatic nitrogens is 1. The molecule has 1 aromatic carbocycles. The van der Waals surface area contributed by atoms with Crippen LogP contribution >= 0.6 is 0 Å². The van der Waals surface area contributed by atoms with E-state index < -0.39 is 0 Å². The Balaban J connectivity index is 1.60. The molecule has 3 heterocycles. The van der Waals surface area contributed by atoms with Gasteiger partial charge >= 0.3 is 6.03 Å². The summed E-state index contributed by atoms with van der Waals surface area (Å²) in [5, 5.41) is 0. The quantitative estimate of drug-likeness (QED) is 0.802. The molecule has 2 aliphatic rings. The number of ether oxygens (including phenoxy) is 1. The molecule has 3 atom stereocenters. The van der Waals surface area contributed by atoms with Crippen molar-refractivity contribution in [3.63, 3.8) is 0 Å². The summed E-state index contributed by atoms with van der Waals surface area (Å²) in [4.78, 5) is 35.3. The number of fused-ring (bicyclic) bond motifs is 1. The third kappa shape index (κ3) is 3.52. The predicted molar refractivity (Wildman–Crippen MR) is 109 cm³/mol. The average Bonchev–Trinajstić information content (AvgIpc) is 3.31. The van der Waals surface area contributed by atoms with Crippen LogP contribution in [0, 0.1) is 11.8 Å². The van der Waals surface area contributed by atoms with Crippen molar-refractivity contribution in [1.82, 2.24) is 19.7 Å². The molecule has 0 radical (unpaired) electrons. The second-order valence-electron chi connectivity index (χ2n) is 7.92. The van der Waals surface area contributed by atoms with E-state index in [1.807, 2.05) is 34.1 Å². The first-order valence-electron chi connectivity index (χ1n) is 9.80. The van der Waals surface area contributed by atoms with Gasteiger partial charge < -0.3 is 19.4 Å². The van der Waals surface area contributed by atoms with Crippen LogP contribution in [0.1, 0.15) is 22.0 Å². The number of likely N-dealkylation sites (tertiary alicyclic amines) is 2. The topological polar surface area (TPSA) is 66.0 Å². The van der Waals surface area contributed by atoms with Crippen LogP contribution in [-0.4, -0.2) is 72.5 Å². The first-order valence-corrected chi connectivity index (χ1v) is 9.80. The largest absolute Gasteiger partial charge is 0.497 e. The number of hydrogen-bond acceptors (Lipinski definition) is 4. The lowest BCUT2D eigenvalue weighted by Gasteiger charge is -2.32. The molecular formula is C22H26N4O3. The van der Waals surface area contributed by atoms with Gasteiger partial charge in [0.25, 0.3) is 5.91 Å². The monoisotopic (exact) mass is 394 g/mol.